The lowest BCUT2D eigenvalue weighted by atomic mass is 10.2. The van der Waals surface area contributed by atoms with Crippen molar-refractivity contribution in [2.45, 2.75) is 6.54 Å². The van der Waals surface area contributed by atoms with Gasteiger partial charge in [0, 0.05) is 10.6 Å². The van der Waals surface area contributed by atoms with Crippen molar-refractivity contribution in [2.24, 2.45) is 7.05 Å². The average molecular weight is 420 g/mol. The third kappa shape index (κ3) is 2.92. The predicted molar refractivity (Wildman–Crippen MR) is 81.2 cm³/mol. The Bertz CT molecular complexity index is 563. The molecule has 0 bridgehead atoms. The summed E-state index contributed by atoms with van der Waals surface area (Å²) in [7, 11) is 1.85. The quantitative estimate of drug-likeness (QED) is 0.777. The Morgan fingerprint density at radius 2 is 2.22 bits per heavy atom. The number of nitrogens with one attached hydrogen (secondary N) is 1. The minimum absolute atomic E-state index is 0.0758. The van der Waals surface area contributed by atoms with Crippen LogP contribution in [0.3, 0.4) is 0 Å². The molecular weight excluding hydrogens is 409 g/mol. The summed E-state index contributed by atoms with van der Waals surface area (Å²) in [5, 5.41) is 6.99. The van der Waals surface area contributed by atoms with E-state index in [2.05, 4.69) is 48.9 Å². The van der Waals surface area contributed by atoms with Crippen LogP contribution in [0.4, 0.5) is 0 Å². The Kier molecular flexibility index (Phi) is 4.39. The zero-order valence-corrected chi connectivity index (χ0v) is 13.4. The Balaban J connectivity index is 2.08. The van der Waals surface area contributed by atoms with Gasteiger partial charge in [-0.3, -0.25) is 9.48 Å². The number of hydrogen-bond donors (Lipinski definition) is 1. The molecule has 0 atom stereocenters. The molecule has 0 saturated heterocycles. The fourth-order valence-electron chi connectivity index (χ4n) is 1.54. The van der Waals surface area contributed by atoms with Crippen LogP contribution in [0.2, 0.25) is 0 Å². The van der Waals surface area contributed by atoms with Gasteiger partial charge in [0.05, 0.1) is 28.5 Å². The number of carbonyl (C=O) groups is 1. The molecule has 18 heavy (non-hydrogen) atoms. The summed E-state index contributed by atoms with van der Waals surface area (Å²) >= 11 is 5.56. The van der Waals surface area contributed by atoms with Crippen molar-refractivity contribution >= 4 is 44.4 Å². The second kappa shape index (κ2) is 5.83. The first-order valence-electron chi connectivity index (χ1n) is 5.28. The highest BCUT2D eigenvalue weighted by molar-refractivity contribution is 14.1. The first-order chi connectivity index (χ1) is 8.59. The Hall–Kier alpha value is -0.890. The molecule has 0 aliphatic carbocycles. The number of halogens is 2. The second-order valence-electron chi connectivity index (χ2n) is 3.73. The number of rotatable bonds is 3. The van der Waals surface area contributed by atoms with Crippen LogP contribution in [-0.2, 0) is 13.6 Å². The molecular formula is C12H11BrIN3O. The van der Waals surface area contributed by atoms with Crippen molar-refractivity contribution in [3.8, 4) is 0 Å². The van der Waals surface area contributed by atoms with Crippen LogP contribution in [0.1, 0.15) is 16.1 Å². The van der Waals surface area contributed by atoms with E-state index in [1.807, 2.05) is 31.3 Å². The first-order valence-corrected chi connectivity index (χ1v) is 7.16. The van der Waals surface area contributed by atoms with Gasteiger partial charge in [-0.05, 0) is 50.7 Å². The van der Waals surface area contributed by atoms with Gasteiger partial charge in [-0.1, -0.05) is 12.1 Å². The molecule has 1 heterocycles. The predicted octanol–water partition coefficient (Wildman–Crippen LogP) is 2.72. The van der Waals surface area contributed by atoms with Crippen molar-refractivity contribution in [2.75, 3.05) is 0 Å². The maximum atomic E-state index is 12.0. The van der Waals surface area contributed by atoms with Gasteiger partial charge >= 0.3 is 0 Å². The number of hydrogen-bond acceptors (Lipinski definition) is 2. The van der Waals surface area contributed by atoms with Gasteiger partial charge in [0.15, 0.2) is 0 Å². The molecule has 2 aromatic rings. The van der Waals surface area contributed by atoms with Crippen LogP contribution in [0, 0.1) is 3.57 Å². The Labute approximate surface area is 127 Å². The van der Waals surface area contributed by atoms with Crippen molar-refractivity contribution in [1.29, 1.82) is 0 Å². The van der Waals surface area contributed by atoms with Crippen LogP contribution in [0.15, 0.2) is 34.9 Å². The number of benzene rings is 1. The minimum Gasteiger partial charge on any atom is -0.346 e. The summed E-state index contributed by atoms with van der Waals surface area (Å²) in [5.41, 5.74) is 1.63. The molecule has 2 rings (SSSR count). The number of amides is 1. The molecule has 0 fully saturated rings. The Morgan fingerprint density at radius 1 is 1.50 bits per heavy atom. The third-order valence-corrected chi connectivity index (χ3v) is 4.15. The number of aryl methyl sites for hydroxylation is 1. The highest BCUT2D eigenvalue weighted by Gasteiger charge is 2.11. The summed E-state index contributed by atoms with van der Waals surface area (Å²) in [5.74, 6) is -0.0758. The second-order valence-corrected chi connectivity index (χ2v) is 5.74. The maximum Gasteiger partial charge on any atom is 0.252 e. The number of carbonyl (C=O) groups excluding carboxylic acids is 1. The van der Waals surface area contributed by atoms with Crippen molar-refractivity contribution in [1.82, 2.24) is 15.1 Å². The molecule has 1 aromatic heterocycles. The van der Waals surface area contributed by atoms with Crippen molar-refractivity contribution in [3.63, 3.8) is 0 Å². The van der Waals surface area contributed by atoms with E-state index in [-0.39, 0.29) is 5.91 Å². The SMILES string of the molecule is Cn1ncc(Br)c1CNC(=O)c1ccccc1I. The van der Waals surface area contributed by atoms with Crippen LogP contribution in [-0.4, -0.2) is 15.7 Å². The van der Waals surface area contributed by atoms with E-state index in [0.29, 0.717) is 12.1 Å². The van der Waals surface area contributed by atoms with E-state index in [1.54, 1.807) is 10.9 Å². The van der Waals surface area contributed by atoms with E-state index in [4.69, 9.17) is 0 Å². The standard InChI is InChI=1S/C12H11BrIN3O/c1-17-11(9(13)6-16-17)7-15-12(18)8-4-2-3-5-10(8)14/h2-6H,7H2,1H3,(H,15,18). The first kappa shape index (κ1) is 13.5. The molecule has 0 spiro atoms. The van der Waals surface area contributed by atoms with Crippen LogP contribution >= 0.6 is 38.5 Å². The molecule has 6 heteroatoms. The summed E-state index contributed by atoms with van der Waals surface area (Å²) in [6, 6.07) is 7.50. The fourth-order valence-corrected chi connectivity index (χ4v) is 2.66. The largest absolute Gasteiger partial charge is 0.346 e. The van der Waals surface area contributed by atoms with Crippen molar-refractivity contribution in [3.05, 3.63) is 49.8 Å². The van der Waals surface area contributed by atoms with Gasteiger partial charge in [0.25, 0.3) is 5.91 Å². The molecule has 1 amide bonds. The van der Waals surface area contributed by atoms with E-state index >= 15 is 0 Å². The summed E-state index contributed by atoms with van der Waals surface area (Å²) in [6.07, 6.45) is 1.72. The highest BCUT2D eigenvalue weighted by Crippen LogP contribution is 2.15. The molecule has 4 nitrogen and oxygen atoms in total. The molecule has 0 saturated carbocycles. The van der Waals surface area contributed by atoms with Crippen molar-refractivity contribution < 1.29 is 4.79 Å². The van der Waals surface area contributed by atoms with Gasteiger partial charge in [-0.2, -0.15) is 5.10 Å². The van der Waals surface area contributed by atoms with Crippen LogP contribution < -0.4 is 5.32 Å². The minimum atomic E-state index is -0.0758. The van der Waals surface area contributed by atoms with E-state index in [9.17, 15) is 4.79 Å². The molecule has 0 aliphatic heterocycles. The number of aromatic nitrogens is 2. The molecule has 1 aromatic carbocycles. The van der Waals surface area contributed by atoms with Crippen LogP contribution in [0.5, 0.6) is 0 Å². The summed E-state index contributed by atoms with van der Waals surface area (Å²) in [6.45, 7) is 0.445. The van der Waals surface area contributed by atoms with E-state index in [0.717, 1.165) is 13.7 Å². The zero-order valence-electron chi connectivity index (χ0n) is 9.65. The monoisotopic (exact) mass is 419 g/mol. The lowest BCUT2D eigenvalue weighted by molar-refractivity contribution is 0.0949. The van der Waals surface area contributed by atoms with Gasteiger partial charge in [-0.25, -0.2) is 0 Å². The van der Waals surface area contributed by atoms with Gasteiger partial charge in [0.2, 0.25) is 0 Å². The normalized spacial score (nSPS) is 10.4. The zero-order chi connectivity index (χ0) is 13.1. The van der Waals surface area contributed by atoms with Crippen LogP contribution in [0.25, 0.3) is 0 Å². The smallest absolute Gasteiger partial charge is 0.252 e. The lowest BCUT2D eigenvalue weighted by Crippen LogP contribution is -2.25. The maximum absolute atomic E-state index is 12.0. The third-order valence-electron chi connectivity index (χ3n) is 2.55. The van der Waals surface area contributed by atoms with Gasteiger partial charge in [-0.15, -0.1) is 0 Å². The topological polar surface area (TPSA) is 46.9 Å². The molecule has 94 valence electrons. The molecule has 0 unspecified atom stereocenters. The Morgan fingerprint density at radius 3 is 2.83 bits per heavy atom. The van der Waals surface area contributed by atoms with E-state index < -0.39 is 0 Å². The molecule has 0 radical (unpaired) electrons. The van der Waals surface area contributed by atoms with E-state index in [1.165, 1.54) is 0 Å². The molecule has 0 aliphatic rings. The lowest BCUT2D eigenvalue weighted by Gasteiger charge is -2.07. The highest BCUT2D eigenvalue weighted by atomic mass is 127. The summed E-state index contributed by atoms with van der Waals surface area (Å²) in [4.78, 5) is 12.0. The number of nitrogens with zero attached hydrogens (tertiary/aromatic N) is 2. The van der Waals surface area contributed by atoms with Gasteiger partial charge in [0.1, 0.15) is 0 Å². The average Bonchev–Trinajstić information content (AvgIpc) is 2.67. The molecule has 1 N–H and O–H groups in total. The fraction of sp³-hybridized carbons (Fsp3) is 0.167. The summed E-state index contributed by atoms with van der Waals surface area (Å²) < 4.78 is 3.57. The van der Waals surface area contributed by atoms with Gasteiger partial charge < -0.3 is 5.32 Å².